The van der Waals surface area contributed by atoms with E-state index in [1.54, 1.807) is 11.3 Å². The first-order chi connectivity index (χ1) is 11.2. The fourth-order valence-electron chi connectivity index (χ4n) is 2.75. The van der Waals surface area contributed by atoms with Gasteiger partial charge in [0.15, 0.2) is 0 Å². The number of hydrogen-bond acceptors (Lipinski definition) is 6. The Morgan fingerprint density at radius 3 is 2.67 bits per heavy atom. The molecule has 7 nitrogen and oxygen atoms in total. The molecule has 0 aliphatic carbocycles. The van der Waals surface area contributed by atoms with Gasteiger partial charge in [0, 0.05) is 45.2 Å². The van der Waals surface area contributed by atoms with Crippen LogP contribution in [0.15, 0.2) is 11.4 Å². The molecule has 138 valence electrons. The summed E-state index contributed by atoms with van der Waals surface area (Å²) in [7, 11) is 3.54. The molecule has 0 bridgehead atoms. The molecule has 2 rings (SSSR count). The Kier molecular flexibility index (Phi) is 6.77. The topological polar surface area (TPSA) is 76.1 Å². The van der Waals surface area contributed by atoms with Gasteiger partial charge in [-0.1, -0.05) is 0 Å². The zero-order valence-electron chi connectivity index (χ0n) is 14.8. The van der Waals surface area contributed by atoms with Crippen molar-refractivity contribution in [3.63, 3.8) is 0 Å². The molecule has 0 spiro atoms. The summed E-state index contributed by atoms with van der Waals surface area (Å²) in [5.74, 6) is 0. The van der Waals surface area contributed by atoms with Crippen LogP contribution in [0, 0.1) is 0 Å². The predicted molar refractivity (Wildman–Crippen MR) is 97.1 cm³/mol. The smallest absolute Gasteiger partial charge is 0.279 e. The van der Waals surface area contributed by atoms with Crippen LogP contribution in [0.2, 0.25) is 0 Å². The molecule has 1 aliphatic rings. The van der Waals surface area contributed by atoms with Crippen LogP contribution in [0.5, 0.6) is 0 Å². The second-order valence-electron chi connectivity index (χ2n) is 6.76. The largest absolute Gasteiger partial charge is 0.390 e. The highest BCUT2D eigenvalue weighted by molar-refractivity contribution is 7.87. The first kappa shape index (κ1) is 19.8. The van der Waals surface area contributed by atoms with Crippen LogP contribution in [0.4, 0.5) is 0 Å². The second kappa shape index (κ2) is 8.22. The Balaban J connectivity index is 1.88. The SMILES string of the molecule is CN(C)Cc1csc(CN2CCC(NS(=O)(=O)N(C)C)C(O)C2)c1. The van der Waals surface area contributed by atoms with Crippen LogP contribution < -0.4 is 4.72 Å². The lowest BCUT2D eigenvalue weighted by Gasteiger charge is -2.36. The summed E-state index contributed by atoms with van der Waals surface area (Å²) < 4.78 is 27.5. The molecule has 2 unspecified atom stereocenters. The normalized spacial score (nSPS) is 23.3. The van der Waals surface area contributed by atoms with E-state index in [-0.39, 0.29) is 0 Å². The van der Waals surface area contributed by atoms with Gasteiger partial charge in [-0.05, 0) is 37.5 Å². The van der Waals surface area contributed by atoms with Gasteiger partial charge < -0.3 is 10.0 Å². The second-order valence-corrected chi connectivity index (χ2v) is 9.67. The van der Waals surface area contributed by atoms with E-state index in [1.165, 1.54) is 24.5 Å². The minimum Gasteiger partial charge on any atom is -0.390 e. The number of nitrogens with zero attached hydrogens (tertiary/aromatic N) is 3. The van der Waals surface area contributed by atoms with Gasteiger partial charge in [-0.3, -0.25) is 4.90 Å². The van der Waals surface area contributed by atoms with Gasteiger partial charge >= 0.3 is 0 Å². The highest BCUT2D eigenvalue weighted by Gasteiger charge is 2.31. The summed E-state index contributed by atoms with van der Waals surface area (Å²) in [4.78, 5) is 5.58. The fourth-order valence-corrected chi connectivity index (χ4v) is 4.54. The van der Waals surface area contributed by atoms with Gasteiger partial charge in [-0.25, -0.2) is 0 Å². The number of piperidine rings is 1. The Morgan fingerprint density at radius 2 is 2.08 bits per heavy atom. The monoisotopic (exact) mass is 376 g/mol. The molecule has 1 aromatic rings. The molecule has 0 saturated carbocycles. The van der Waals surface area contributed by atoms with E-state index in [1.807, 2.05) is 14.1 Å². The van der Waals surface area contributed by atoms with Gasteiger partial charge in [-0.2, -0.15) is 17.4 Å². The van der Waals surface area contributed by atoms with Crippen molar-refractivity contribution in [3.8, 4) is 0 Å². The molecule has 24 heavy (non-hydrogen) atoms. The third-order valence-corrected chi connectivity index (χ3v) is 6.57. The molecule has 1 aromatic heterocycles. The maximum Gasteiger partial charge on any atom is 0.279 e. The molecule has 0 aromatic carbocycles. The summed E-state index contributed by atoms with van der Waals surface area (Å²) in [6.07, 6.45) is -0.0980. The van der Waals surface area contributed by atoms with Crippen LogP contribution >= 0.6 is 11.3 Å². The van der Waals surface area contributed by atoms with Crippen molar-refractivity contribution < 1.29 is 13.5 Å². The molecular formula is C15H28N4O3S2. The molecule has 0 amide bonds. The highest BCUT2D eigenvalue weighted by Crippen LogP contribution is 2.21. The van der Waals surface area contributed by atoms with Gasteiger partial charge in [0.1, 0.15) is 0 Å². The third kappa shape index (κ3) is 5.48. The third-order valence-electron chi connectivity index (χ3n) is 4.03. The molecule has 2 atom stereocenters. The van der Waals surface area contributed by atoms with E-state index < -0.39 is 22.4 Å². The Labute approximate surface area is 149 Å². The average molecular weight is 377 g/mol. The summed E-state index contributed by atoms with van der Waals surface area (Å²) in [6.45, 7) is 2.95. The van der Waals surface area contributed by atoms with E-state index in [2.05, 4.69) is 26.0 Å². The lowest BCUT2D eigenvalue weighted by molar-refractivity contribution is 0.0446. The Morgan fingerprint density at radius 1 is 1.38 bits per heavy atom. The van der Waals surface area contributed by atoms with Crippen molar-refractivity contribution in [1.29, 1.82) is 0 Å². The van der Waals surface area contributed by atoms with E-state index in [0.29, 0.717) is 13.0 Å². The maximum atomic E-state index is 11.9. The highest BCUT2D eigenvalue weighted by atomic mass is 32.2. The van der Waals surface area contributed by atoms with Crippen molar-refractivity contribution in [3.05, 3.63) is 21.9 Å². The summed E-state index contributed by atoms with van der Waals surface area (Å²) in [5.41, 5.74) is 1.30. The van der Waals surface area contributed by atoms with Crippen LogP contribution in [0.1, 0.15) is 16.9 Å². The fraction of sp³-hybridized carbons (Fsp3) is 0.733. The van der Waals surface area contributed by atoms with Crippen molar-refractivity contribution in [2.75, 3.05) is 41.3 Å². The van der Waals surface area contributed by atoms with Gasteiger partial charge in [0.05, 0.1) is 12.1 Å². The number of likely N-dealkylation sites (tertiary alicyclic amines) is 1. The van der Waals surface area contributed by atoms with Crippen LogP contribution in [-0.4, -0.2) is 81.1 Å². The molecular weight excluding hydrogens is 348 g/mol. The first-order valence-corrected chi connectivity index (χ1v) is 10.3. The summed E-state index contributed by atoms with van der Waals surface area (Å²) in [5, 5.41) is 12.5. The van der Waals surface area contributed by atoms with Crippen LogP contribution in [0.25, 0.3) is 0 Å². The minimum absolute atomic E-state index is 0.429. The number of aliphatic hydroxyl groups is 1. The Bertz CT molecular complexity index is 630. The number of rotatable bonds is 7. The minimum atomic E-state index is -3.51. The van der Waals surface area contributed by atoms with Gasteiger partial charge in [0.25, 0.3) is 10.2 Å². The Hall–Kier alpha value is -0.550. The molecule has 1 aliphatic heterocycles. The lowest BCUT2D eigenvalue weighted by Crippen LogP contribution is -2.55. The quantitative estimate of drug-likeness (QED) is 0.708. The lowest BCUT2D eigenvalue weighted by atomic mass is 10.0. The molecule has 2 N–H and O–H groups in total. The number of aliphatic hydroxyl groups excluding tert-OH is 1. The van der Waals surface area contributed by atoms with E-state index >= 15 is 0 Å². The van der Waals surface area contributed by atoms with Gasteiger partial charge in [0.2, 0.25) is 0 Å². The molecule has 1 saturated heterocycles. The first-order valence-electron chi connectivity index (χ1n) is 7.98. The number of thiophene rings is 1. The number of nitrogens with one attached hydrogen (secondary N) is 1. The number of hydrogen-bond donors (Lipinski definition) is 2. The van der Waals surface area contributed by atoms with Gasteiger partial charge in [-0.15, -0.1) is 11.3 Å². The molecule has 2 heterocycles. The van der Waals surface area contributed by atoms with Crippen molar-refractivity contribution >= 4 is 21.5 Å². The standard InChI is InChI=1S/C15H28N4O3S2/c1-17(2)8-12-7-13(23-11-12)9-19-6-5-14(15(20)10-19)16-24(21,22)18(3)4/h7,11,14-16,20H,5-6,8-10H2,1-4H3. The summed E-state index contributed by atoms with van der Waals surface area (Å²) >= 11 is 1.73. The van der Waals surface area contributed by atoms with Crippen molar-refractivity contribution in [2.45, 2.75) is 31.7 Å². The van der Waals surface area contributed by atoms with Crippen molar-refractivity contribution in [2.24, 2.45) is 0 Å². The van der Waals surface area contributed by atoms with E-state index in [9.17, 15) is 13.5 Å². The predicted octanol–water partition coefficient (Wildman–Crippen LogP) is 0.141. The van der Waals surface area contributed by atoms with Crippen LogP contribution in [0.3, 0.4) is 0 Å². The zero-order valence-corrected chi connectivity index (χ0v) is 16.4. The van der Waals surface area contributed by atoms with Crippen molar-refractivity contribution in [1.82, 2.24) is 18.8 Å². The van der Waals surface area contributed by atoms with E-state index in [0.717, 1.165) is 23.9 Å². The average Bonchev–Trinajstić information content (AvgIpc) is 2.88. The molecule has 1 fully saturated rings. The number of β-amino-alcohol motifs (C(OH)–C–C–N with tert-alkyl or cyclic N) is 1. The van der Waals surface area contributed by atoms with E-state index in [4.69, 9.17) is 0 Å². The zero-order chi connectivity index (χ0) is 17.9. The summed E-state index contributed by atoms with van der Waals surface area (Å²) in [6, 6.07) is 1.78. The molecule has 9 heteroatoms. The maximum absolute atomic E-state index is 11.9. The van der Waals surface area contributed by atoms with Crippen LogP contribution in [-0.2, 0) is 23.3 Å². The molecule has 0 radical (unpaired) electrons.